The molecular formula is C16H18FN3O2S. The zero-order chi connectivity index (χ0) is 16.4. The van der Waals surface area contributed by atoms with Gasteiger partial charge in [0.2, 0.25) is 5.13 Å². The molecule has 122 valence electrons. The lowest BCUT2D eigenvalue weighted by atomic mass is 10.1. The van der Waals surface area contributed by atoms with Gasteiger partial charge in [0, 0.05) is 31.7 Å². The maximum Gasteiger partial charge on any atom is 0.337 e. The van der Waals surface area contributed by atoms with Gasteiger partial charge in [-0.1, -0.05) is 23.5 Å². The third-order valence-electron chi connectivity index (χ3n) is 3.93. The lowest BCUT2D eigenvalue weighted by molar-refractivity contribution is 0.0601. The summed E-state index contributed by atoms with van der Waals surface area (Å²) in [4.78, 5) is 20.3. The molecule has 1 fully saturated rings. The van der Waals surface area contributed by atoms with Gasteiger partial charge in [0.1, 0.15) is 5.69 Å². The second-order valence-electron chi connectivity index (χ2n) is 5.48. The van der Waals surface area contributed by atoms with E-state index in [1.807, 2.05) is 0 Å². The van der Waals surface area contributed by atoms with E-state index in [1.165, 1.54) is 7.11 Å². The number of hydrogen-bond acceptors (Lipinski definition) is 6. The van der Waals surface area contributed by atoms with Crippen molar-refractivity contribution in [2.75, 3.05) is 45.2 Å². The maximum atomic E-state index is 14.3. The molecule has 2 aromatic rings. The maximum absolute atomic E-state index is 14.3. The molecule has 5 nitrogen and oxygen atoms in total. The predicted octanol–water partition coefficient (Wildman–Crippen LogP) is 2.49. The molecule has 0 atom stereocenters. The number of carbonyl (C=O) groups excluding carboxylic acids is 1. The first-order valence-electron chi connectivity index (χ1n) is 7.37. The summed E-state index contributed by atoms with van der Waals surface area (Å²) >= 11 is 1.07. The highest BCUT2D eigenvalue weighted by atomic mass is 32.1. The van der Waals surface area contributed by atoms with Crippen LogP contribution in [-0.4, -0.2) is 56.2 Å². The first-order chi connectivity index (χ1) is 11.1. The summed E-state index contributed by atoms with van der Waals surface area (Å²) in [6.45, 7) is 3.60. The van der Waals surface area contributed by atoms with E-state index in [4.69, 9.17) is 0 Å². The molecule has 0 bridgehead atoms. The number of hydrogen-bond donors (Lipinski definition) is 0. The van der Waals surface area contributed by atoms with Gasteiger partial charge in [-0.05, 0) is 19.2 Å². The number of anilines is 1. The first-order valence-corrected chi connectivity index (χ1v) is 8.18. The average molecular weight is 335 g/mol. The molecule has 0 N–H and O–H groups in total. The fourth-order valence-electron chi connectivity index (χ4n) is 2.48. The third-order valence-corrected chi connectivity index (χ3v) is 4.83. The van der Waals surface area contributed by atoms with Gasteiger partial charge in [-0.2, -0.15) is 4.39 Å². The van der Waals surface area contributed by atoms with Crippen molar-refractivity contribution >= 4 is 22.4 Å². The van der Waals surface area contributed by atoms with E-state index < -0.39 is 5.97 Å². The smallest absolute Gasteiger partial charge is 0.337 e. The molecular weight excluding hydrogens is 317 g/mol. The number of thiazole rings is 1. The highest BCUT2D eigenvalue weighted by Gasteiger charge is 2.21. The van der Waals surface area contributed by atoms with Crippen LogP contribution in [0.4, 0.5) is 9.52 Å². The largest absolute Gasteiger partial charge is 0.465 e. The molecule has 1 aromatic carbocycles. The zero-order valence-corrected chi connectivity index (χ0v) is 13.9. The van der Waals surface area contributed by atoms with Gasteiger partial charge < -0.3 is 14.5 Å². The number of likely N-dealkylation sites (N-methyl/N-ethyl adjacent to an activating group) is 1. The van der Waals surface area contributed by atoms with Crippen LogP contribution in [0.3, 0.4) is 0 Å². The van der Waals surface area contributed by atoms with Crippen molar-refractivity contribution in [3.63, 3.8) is 0 Å². The van der Waals surface area contributed by atoms with Crippen LogP contribution in [0.5, 0.6) is 0 Å². The highest BCUT2D eigenvalue weighted by Crippen LogP contribution is 2.32. The summed E-state index contributed by atoms with van der Waals surface area (Å²) in [6.07, 6.45) is 0. The van der Waals surface area contributed by atoms with E-state index in [0.717, 1.165) is 37.5 Å². The Kier molecular flexibility index (Phi) is 4.58. The number of rotatable bonds is 3. The second kappa shape index (κ2) is 6.64. The quantitative estimate of drug-likeness (QED) is 0.807. The third kappa shape index (κ3) is 3.35. The van der Waals surface area contributed by atoms with E-state index >= 15 is 0 Å². The Balaban J connectivity index is 1.82. The number of esters is 1. The van der Waals surface area contributed by atoms with Crippen LogP contribution in [-0.2, 0) is 4.74 Å². The van der Waals surface area contributed by atoms with Crippen LogP contribution in [0.25, 0.3) is 11.3 Å². The molecule has 0 amide bonds. The molecule has 0 unspecified atom stereocenters. The summed E-state index contributed by atoms with van der Waals surface area (Å²) in [5.74, 6) is -0.409. The Morgan fingerprint density at radius 3 is 2.48 bits per heavy atom. The molecule has 7 heteroatoms. The number of piperazine rings is 1. The van der Waals surface area contributed by atoms with Crippen molar-refractivity contribution in [3.05, 3.63) is 35.0 Å². The number of methoxy groups -OCH3 is 1. The number of aromatic nitrogens is 1. The fraction of sp³-hybridized carbons (Fsp3) is 0.375. The SMILES string of the molecule is COC(=O)c1ccc(-c2nc(N3CCN(C)CC3)sc2F)cc1. The number of benzene rings is 1. The molecule has 0 spiro atoms. The number of halogens is 1. The van der Waals surface area contributed by atoms with Crippen LogP contribution in [0, 0.1) is 5.13 Å². The Labute approximate surface area is 138 Å². The Morgan fingerprint density at radius 1 is 1.22 bits per heavy atom. The Hall–Kier alpha value is -1.99. The lowest BCUT2D eigenvalue weighted by Crippen LogP contribution is -2.44. The first kappa shape index (κ1) is 15.9. The summed E-state index contributed by atoms with van der Waals surface area (Å²) in [7, 11) is 3.41. The molecule has 0 aliphatic carbocycles. The summed E-state index contributed by atoms with van der Waals surface area (Å²) in [5.41, 5.74) is 1.43. The lowest BCUT2D eigenvalue weighted by Gasteiger charge is -2.31. The van der Waals surface area contributed by atoms with Gasteiger partial charge in [0.15, 0.2) is 5.13 Å². The van der Waals surface area contributed by atoms with Crippen molar-refractivity contribution in [3.8, 4) is 11.3 Å². The van der Waals surface area contributed by atoms with Gasteiger partial charge in [0.25, 0.3) is 0 Å². The molecule has 1 aliphatic heterocycles. The topological polar surface area (TPSA) is 45.7 Å². The minimum atomic E-state index is -0.409. The number of ether oxygens (including phenoxy) is 1. The van der Waals surface area contributed by atoms with Gasteiger partial charge >= 0.3 is 5.97 Å². The molecule has 2 heterocycles. The zero-order valence-electron chi connectivity index (χ0n) is 13.1. The van der Waals surface area contributed by atoms with E-state index in [-0.39, 0.29) is 5.13 Å². The van der Waals surface area contributed by atoms with Crippen LogP contribution in [0.2, 0.25) is 0 Å². The van der Waals surface area contributed by atoms with E-state index in [0.29, 0.717) is 22.0 Å². The molecule has 0 saturated carbocycles. The molecule has 23 heavy (non-hydrogen) atoms. The van der Waals surface area contributed by atoms with E-state index in [2.05, 4.69) is 26.6 Å². The number of nitrogens with zero attached hydrogens (tertiary/aromatic N) is 3. The molecule has 1 saturated heterocycles. The van der Waals surface area contributed by atoms with Crippen molar-refractivity contribution < 1.29 is 13.9 Å². The normalized spacial score (nSPS) is 15.7. The minimum Gasteiger partial charge on any atom is -0.465 e. The van der Waals surface area contributed by atoms with Gasteiger partial charge in [-0.25, -0.2) is 9.78 Å². The average Bonchev–Trinajstić information content (AvgIpc) is 2.96. The van der Waals surface area contributed by atoms with Gasteiger partial charge in [-0.3, -0.25) is 0 Å². The van der Waals surface area contributed by atoms with Crippen molar-refractivity contribution in [1.29, 1.82) is 0 Å². The summed E-state index contributed by atoms with van der Waals surface area (Å²) in [6, 6.07) is 6.63. The standard InChI is InChI=1S/C16H18FN3O2S/c1-19-7-9-20(10-8-19)16-18-13(14(17)23-16)11-3-5-12(6-4-11)15(21)22-2/h3-6H,7-10H2,1-2H3. The molecule has 1 aliphatic rings. The van der Waals surface area contributed by atoms with Crippen molar-refractivity contribution in [2.24, 2.45) is 0 Å². The Morgan fingerprint density at radius 2 is 1.87 bits per heavy atom. The van der Waals surface area contributed by atoms with Crippen LogP contribution in [0.15, 0.2) is 24.3 Å². The fourth-order valence-corrected chi connectivity index (χ4v) is 3.35. The Bertz CT molecular complexity index is 694. The van der Waals surface area contributed by atoms with Crippen LogP contribution < -0.4 is 4.90 Å². The molecule has 3 rings (SSSR count). The highest BCUT2D eigenvalue weighted by molar-refractivity contribution is 7.14. The monoisotopic (exact) mass is 335 g/mol. The second-order valence-corrected chi connectivity index (χ2v) is 6.41. The van der Waals surface area contributed by atoms with Gasteiger partial charge in [-0.15, -0.1) is 0 Å². The van der Waals surface area contributed by atoms with Gasteiger partial charge in [0.05, 0.1) is 12.7 Å². The minimum absolute atomic E-state index is 0.301. The predicted molar refractivity (Wildman–Crippen MR) is 88.6 cm³/mol. The summed E-state index contributed by atoms with van der Waals surface area (Å²) in [5, 5.41) is 0.410. The molecule has 1 aromatic heterocycles. The van der Waals surface area contributed by atoms with Crippen LogP contribution >= 0.6 is 11.3 Å². The van der Waals surface area contributed by atoms with Crippen LogP contribution in [0.1, 0.15) is 10.4 Å². The number of carbonyl (C=O) groups is 1. The summed E-state index contributed by atoms with van der Waals surface area (Å²) < 4.78 is 18.9. The van der Waals surface area contributed by atoms with Crippen molar-refractivity contribution in [1.82, 2.24) is 9.88 Å². The van der Waals surface area contributed by atoms with E-state index in [1.54, 1.807) is 24.3 Å². The van der Waals surface area contributed by atoms with Crippen molar-refractivity contribution in [2.45, 2.75) is 0 Å². The van der Waals surface area contributed by atoms with E-state index in [9.17, 15) is 9.18 Å². The molecule has 0 radical (unpaired) electrons.